The van der Waals surface area contributed by atoms with E-state index in [0.29, 0.717) is 41.8 Å². The Hall–Kier alpha value is -3.33. The van der Waals surface area contributed by atoms with Gasteiger partial charge in [0, 0.05) is 43.0 Å². The average molecular weight is 514 g/mol. The Morgan fingerprint density at radius 1 is 1.22 bits per heavy atom. The van der Waals surface area contributed by atoms with Crippen molar-refractivity contribution >= 4 is 35.1 Å². The van der Waals surface area contributed by atoms with Crippen molar-refractivity contribution in [2.75, 3.05) is 32.1 Å². The van der Waals surface area contributed by atoms with Gasteiger partial charge >= 0.3 is 5.97 Å². The largest absolute Gasteiger partial charge is 0.468 e. The molecule has 1 aromatic carbocycles. The van der Waals surface area contributed by atoms with Crippen LogP contribution in [0.4, 0.5) is 5.82 Å². The highest BCUT2D eigenvalue weighted by Gasteiger charge is 2.35. The lowest BCUT2D eigenvalue weighted by atomic mass is 10.2. The number of aryl methyl sites for hydroxylation is 1. The molecule has 3 heterocycles. The van der Waals surface area contributed by atoms with Crippen LogP contribution < -0.4 is 10.5 Å². The summed E-state index contributed by atoms with van der Waals surface area (Å²) in [6.45, 7) is 3.32. The third-order valence-corrected chi connectivity index (χ3v) is 6.87. The van der Waals surface area contributed by atoms with Crippen LogP contribution in [0.3, 0.4) is 0 Å². The van der Waals surface area contributed by atoms with Crippen molar-refractivity contribution < 1.29 is 14.3 Å². The molecule has 1 amide bonds. The van der Waals surface area contributed by atoms with E-state index in [1.807, 2.05) is 21.6 Å². The van der Waals surface area contributed by atoms with E-state index in [1.165, 1.54) is 12.0 Å². The van der Waals surface area contributed by atoms with Gasteiger partial charge in [-0.15, -0.1) is 0 Å². The Kier molecular flexibility index (Phi) is 7.98. The Bertz CT molecular complexity index is 1300. The normalized spacial score (nSPS) is 15.4. The molecular formula is C26H32ClN5O4. The second-order valence-electron chi connectivity index (χ2n) is 9.12. The molecule has 0 bridgehead atoms. The smallest absolute Gasteiger partial charge is 0.325 e. The van der Waals surface area contributed by atoms with Gasteiger partial charge in [-0.25, -0.2) is 4.98 Å². The van der Waals surface area contributed by atoms with Crippen LogP contribution in [0.25, 0.3) is 17.0 Å². The molecule has 4 rings (SSSR count). The van der Waals surface area contributed by atoms with Crippen LogP contribution in [0.15, 0.2) is 41.3 Å². The van der Waals surface area contributed by atoms with E-state index < -0.39 is 12.0 Å². The van der Waals surface area contributed by atoms with E-state index >= 15 is 0 Å². The number of halogens is 1. The number of fused-ring (bicyclic) bond motifs is 1. The van der Waals surface area contributed by atoms with Gasteiger partial charge in [0.25, 0.3) is 5.56 Å². The first-order chi connectivity index (χ1) is 17.3. The lowest BCUT2D eigenvalue weighted by Crippen LogP contribution is -2.47. The Morgan fingerprint density at radius 3 is 2.67 bits per heavy atom. The Morgan fingerprint density at radius 2 is 1.97 bits per heavy atom. The molecule has 0 aliphatic carbocycles. The van der Waals surface area contributed by atoms with Crippen molar-refractivity contribution in [2.24, 2.45) is 0 Å². The number of nitrogens with zero attached hydrogens (tertiary/aromatic N) is 5. The summed E-state index contributed by atoms with van der Waals surface area (Å²) in [5.74, 6) is 0.578. The minimum absolute atomic E-state index is 0.118. The predicted octanol–water partition coefficient (Wildman–Crippen LogP) is 3.61. The maximum atomic E-state index is 13.3. The zero-order chi connectivity index (χ0) is 25.8. The van der Waals surface area contributed by atoms with Crippen LogP contribution in [0.1, 0.15) is 39.0 Å². The predicted molar refractivity (Wildman–Crippen MR) is 139 cm³/mol. The number of aromatic nitrogens is 3. The summed E-state index contributed by atoms with van der Waals surface area (Å²) in [7, 11) is 2.90. The lowest BCUT2D eigenvalue weighted by molar-refractivity contribution is -0.146. The van der Waals surface area contributed by atoms with E-state index in [2.05, 4.69) is 6.92 Å². The van der Waals surface area contributed by atoms with Crippen molar-refractivity contribution in [3.8, 4) is 11.3 Å². The monoisotopic (exact) mass is 513 g/mol. The summed E-state index contributed by atoms with van der Waals surface area (Å²) in [5, 5.41) is 0.630. The number of likely N-dealkylation sites (N-methyl/N-ethyl adjacent to an activating group) is 1. The fraction of sp³-hybridized carbons (Fsp3) is 0.462. The number of hydrogen-bond acceptors (Lipinski definition) is 6. The number of carbonyl (C=O) groups excluding carboxylic acids is 2. The summed E-state index contributed by atoms with van der Waals surface area (Å²) in [4.78, 5) is 46.5. The second-order valence-corrected chi connectivity index (χ2v) is 9.56. The van der Waals surface area contributed by atoms with Gasteiger partial charge in [0.05, 0.1) is 12.8 Å². The summed E-state index contributed by atoms with van der Waals surface area (Å²) in [6, 6.07) is 8.48. The van der Waals surface area contributed by atoms with Crippen molar-refractivity contribution in [1.82, 2.24) is 18.9 Å². The van der Waals surface area contributed by atoms with E-state index in [0.717, 1.165) is 31.2 Å². The van der Waals surface area contributed by atoms with Crippen LogP contribution >= 0.6 is 11.6 Å². The fourth-order valence-corrected chi connectivity index (χ4v) is 4.83. The van der Waals surface area contributed by atoms with Gasteiger partial charge in [-0.2, -0.15) is 0 Å². The lowest BCUT2D eigenvalue weighted by Gasteiger charge is -2.31. The number of imidazole rings is 1. The van der Waals surface area contributed by atoms with Gasteiger partial charge < -0.3 is 14.5 Å². The molecular weight excluding hydrogens is 482 g/mol. The maximum absolute atomic E-state index is 13.3. The molecule has 3 aromatic rings. The average Bonchev–Trinajstić information content (AvgIpc) is 3.53. The van der Waals surface area contributed by atoms with Crippen LogP contribution in [0.5, 0.6) is 0 Å². The summed E-state index contributed by atoms with van der Waals surface area (Å²) in [6.07, 6.45) is 6.20. The number of carbonyl (C=O) groups is 2. The number of benzene rings is 1. The molecule has 0 saturated carbocycles. The van der Waals surface area contributed by atoms with Gasteiger partial charge in [0.2, 0.25) is 11.7 Å². The molecule has 10 heteroatoms. The molecule has 1 fully saturated rings. The number of amides is 1. The summed E-state index contributed by atoms with van der Waals surface area (Å²) < 4.78 is 8.33. The standard InChI is InChI=1S/C26H32ClN5O4/c1-4-5-6-13-31-22(30-14-7-8-21(30)25(35)29(2)17-24(34)36-3)15-23(33)32-16-20(28-26(31)32)18-9-11-19(27)12-10-18/h9-12,15-16,21H,4-8,13-14,17H2,1-3H3/t21-/m0/s1. The third kappa shape index (κ3) is 5.26. The molecule has 0 radical (unpaired) electrons. The van der Waals surface area contributed by atoms with Gasteiger partial charge in [-0.3, -0.25) is 23.4 Å². The molecule has 36 heavy (non-hydrogen) atoms. The fourth-order valence-electron chi connectivity index (χ4n) is 4.70. The van der Waals surface area contributed by atoms with Gasteiger partial charge in [0.1, 0.15) is 18.4 Å². The van der Waals surface area contributed by atoms with E-state index in [4.69, 9.17) is 21.3 Å². The second kappa shape index (κ2) is 11.2. The number of esters is 1. The Balaban J connectivity index is 1.77. The van der Waals surface area contributed by atoms with Crippen LogP contribution in [-0.4, -0.2) is 64.0 Å². The number of ether oxygens (including phenoxy) is 1. The molecule has 0 unspecified atom stereocenters. The van der Waals surface area contributed by atoms with Crippen molar-refractivity contribution in [1.29, 1.82) is 0 Å². The highest BCUT2D eigenvalue weighted by atomic mass is 35.5. The van der Waals surface area contributed by atoms with Crippen LogP contribution in [-0.2, 0) is 20.9 Å². The van der Waals surface area contributed by atoms with E-state index in [1.54, 1.807) is 35.8 Å². The Labute approximate surface area is 215 Å². The highest BCUT2D eigenvalue weighted by Crippen LogP contribution is 2.29. The third-order valence-electron chi connectivity index (χ3n) is 6.62. The molecule has 192 valence electrons. The first-order valence-electron chi connectivity index (χ1n) is 12.3. The molecule has 9 nitrogen and oxygen atoms in total. The molecule has 1 saturated heterocycles. The first kappa shape index (κ1) is 25.8. The minimum atomic E-state index is -0.472. The SMILES string of the molecule is CCCCCn1c(N2CCC[C@H]2C(=O)N(C)CC(=O)OC)cc(=O)n2cc(-c3ccc(Cl)cc3)nc12. The van der Waals surface area contributed by atoms with Gasteiger partial charge in [-0.1, -0.05) is 43.5 Å². The number of rotatable bonds is 9. The number of hydrogen-bond donors (Lipinski definition) is 0. The zero-order valence-electron chi connectivity index (χ0n) is 20.9. The minimum Gasteiger partial charge on any atom is -0.468 e. The van der Waals surface area contributed by atoms with Crippen molar-refractivity contribution in [3.63, 3.8) is 0 Å². The number of unbranched alkanes of at least 4 members (excludes halogenated alkanes) is 2. The summed E-state index contributed by atoms with van der Waals surface area (Å²) >= 11 is 6.05. The maximum Gasteiger partial charge on any atom is 0.325 e. The van der Waals surface area contributed by atoms with E-state index in [-0.39, 0.29) is 18.0 Å². The number of anilines is 1. The highest BCUT2D eigenvalue weighted by molar-refractivity contribution is 6.30. The van der Waals surface area contributed by atoms with Crippen LogP contribution in [0.2, 0.25) is 5.02 Å². The van der Waals surface area contributed by atoms with E-state index in [9.17, 15) is 14.4 Å². The van der Waals surface area contributed by atoms with Gasteiger partial charge in [0.15, 0.2) is 0 Å². The topological polar surface area (TPSA) is 89.1 Å². The van der Waals surface area contributed by atoms with Crippen LogP contribution in [0, 0.1) is 0 Å². The molecule has 0 N–H and O–H groups in total. The van der Waals surface area contributed by atoms with Crippen molar-refractivity contribution in [2.45, 2.75) is 51.6 Å². The number of methoxy groups -OCH3 is 1. The molecule has 1 aliphatic rings. The van der Waals surface area contributed by atoms with Crippen molar-refractivity contribution in [3.05, 3.63) is 51.9 Å². The molecule has 1 atom stereocenters. The quantitative estimate of drug-likeness (QED) is 0.321. The summed E-state index contributed by atoms with van der Waals surface area (Å²) in [5.41, 5.74) is 1.33. The zero-order valence-corrected chi connectivity index (χ0v) is 21.7. The molecule has 2 aromatic heterocycles. The molecule has 0 spiro atoms. The first-order valence-corrected chi connectivity index (χ1v) is 12.7. The molecule has 1 aliphatic heterocycles. The van der Waals surface area contributed by atoms with Gasteiger partial charge in [-0.05, 0) is 31.4 Å².